The number of benzene rings is 1. The van der Waals surface area contributed by atoms with Gasteiger partial charge in [-0.25, -0.2) is 9.07 Å². The molecule has 0 saturated heterocycles. The van der Waals surface area contributed by atoms with Gasteiger partial charge in [0.1, 0.15) is 11.0 Å². The minimum Gasteiger partial charge on any atom is -0.396 e. The highest BCUT2D eigenvalue weighted by Gasteiger charge is 2.20. The lowest BCUT2D eigenvalue weighted by atomic mass is 10.2. The number of nitrogens with zero attached hydrogens (tertiary/aromatic N) is 2. The minimum atomic E-state index is -0.360. The van der Waals surface area contributed by atoms with Crippen molar-refractivity contribution in [1.29, 1.82) is 0 Å². The Morgan fingerprint density at radius 2 is 2.10 bits per heavy atom. The highest BCUT2D eigenvalue weighted by Crippen LogP contribution is 2.23. The van der Waals surface area contributed by atoms with Crippen molar-refractivity contribution in [3.63, 3.8) is 0 Å². The predicted octanol–water partition coefficient (Wildman–Crippen LogP) is 2.09. The molecule has 1 aromatic carbocycles. The molecule has 5 nitrogen and oxygen atoms in total. The van der Waals surface area contributed by atoms with Crippen LogP contribution in [0.5, 0.6) is 0 Å². The maximum Gasteiger partial charge on any atom is 0.256 e. The van der Waals surface area contributed by atoms with Gasteiger partial charge in [-0.3, -0.25) is 4.79 Å². The molecule has 112 valence electrons. The van der Waals surface area contributed by atoms with Gasteiger partial charge >= 0.3 is 0 Å². The fraction of sp³-hybridized carbons (Fsp3) is 0.286. The SMILES string of the molecule is Cc1nn(-c2ccc(F)cc2)c(Cl)c1C(=O)NCCCO. The third-order valence-electron chi connectivity index (χ3n) is 2.92. The van der Waals surface area contributed by atoms with Crippen LogP contribution in [0.25, 0.3) is 5.69 Å². The lowest BCUT2D eigenvalue weighted by Crippen LogP contribution is -2.25. The van der Waals surface area contributed by atoms with Crippen molar-refractivity contribution >= 4 is 17.5 Å². The van der Waals surface area contributed by atoms with E-state index in [9.17, 15) is 9.18 Å². The zero-order valence-corrected chi connectivity index (χ0v) is 12.2. The minimum absolute atomic E-state index is 0.00182. The summed E-state index contributed by atoms with van der Waals surface area (Å²) >= 11 is 6.21. The topological polar surface area (TPSA) is 67.2 Å². The monoisotopic (exact) mass is 311 g/mol. The standard InChI is InChI=1S/C14H15ClFN3O2/c1-9-12(14(21)17-7-2-8-20)13(15)19(18-9)11-5-3-10(16)4-6-11/h3-6,20H,2,7-8H2,1H3,(H,17,21). The summed E-state index contributed by atoms with van der Waals surface area (Å²) in [6.45, 7) is 2.03. The van der Waals surface area contributed by atoms with E-state index < -0.39 is 0 Å². The molecule has 0 unspecified atom stereocenters. The molecule has 0 aliphatic carbocycles. The zero-order valence-electron chi connectivity index (χ0n) is 11.4. The number of halogens is 2. The first-order chi connectivity index (χ1) is 10.0. The number of aliphatic hydroxyl groups is 1. The van der Waals surface area contributed by atoms with Crippen molar-refractivity contribution in [2.24, 2.45) is 0 Å². The van der Waals surface area contributed by atoms with E-state index in [0.29, 0.717) is 24.3 Å². The molecule has 2 rings (SSSR count). The van der Waals surface area contributed by atoms with E-state index in [1.54, 1.807) is 6.92 Å². The first-order valence-corrected chi connectivity index (χ1v) is 6.82. The van der Waals surface area contributed by atoms with E-state index in [0.717, 1.165) is 0 Å². The molecule has 7 heteroatoms. The molecular formula is C14H15ClFN3O2. The van der Waals surface area contributed by atoms with Crippen LogP contribution >= 0.6 is 11.6 Å². The second-order valence-electron chi connectivity index (χ2n) is 4.47. The van der Waals surface area contributed by atoms with Crippen molar-refractivity contribution in [3.05, 3.63) is 46.5 Å². The van der Waals surface area contributed by atoms with Gasteiger partial charge in [-0.1, -0.05) is 11.6 Å². The van der Waals surface area contributed by atoms with Gasteiger partial charge in [0.2, 0.25) is 0 Å². The molecule has 2 aromatic rings. The summed E-state index contributed by atoms with van der Waals surface area (Å²) in [5, 5.41) is 15.7. The van der Waals surface area contributed by atoms with Gasteiger partial charge in [-0.05, 0) is 37.6 Å². The molecule has 21 heavy (non-hydrogen) atoms. The van der Waals surface area contributed by atoms with Crippen LogP contribution in [0.4, 0.5) is 4.39 Å². The maximum absolute atomic E-state index is 12.9. The van der Waals surface area contributed by atoms with Crippen LogP contribution in [-0.4, -0.2) is 33.9 Å². The van der Waals surface area contributed by atoms with E-state index in [1.165, 1.54) is 28.9 Å². The Bertz CT molecular complexity index is 640. The van der Waals surface area contributed by atoms with E-state index in [-0.39, 0.29) is 29.0 Å². The van der Waals surface area contributed by atoms with Crippen molar-refractivity contribution in [1.82, 2.24) is 15.1 Å². The Morgan fingerprint density at radius 3 is 2.71 bits per heavy atom. The van der Waals surface area contributed by atoms with Gasteiger partial charge in [0.15, 0.2) is 0 Å². The fourth-order valence-electron chi connectivity index (χ4n) is 1.88. The largest absolute Gasteiger partial charge is 0.396 e. The van der Waals surface area contributed by atoms with E-state index in [4.69, 9.17) is 16.7 Å². The molecule has 0 radical (unpaired) electrons. The number of carbonyl (C=O) groups is 1. The summed E-state index contributed by atoms with van der Waals surface area (Å²) < 4.78 is 14.3. The van der Waals surface area contributed by atoms with Crippen LogP contribution < -0.4 is 5.32 Å². The molecule has 1 heterocycles. The normalized spacial score (nSPS) is 10.7. The Hall–Kier alpha value is -1.92. The van der Waals surface area contributed by atoms with Crippen LogP contribution in [0.1, 0.15) is 22.5 Å². The molecular weight excluding hydrogens is 297 g/mol. The Morgan fingerprint density at radius 1 is 1.43 bits per heavy atom. The molecule has 0 atom stereocenters. The van der Waals surface area contributed by atoms with Gasteiger partial charge in [-0.15, -0.1) is 0 Å². The van der Waals surface area contributed by atoms with Gasteiger partial charge in [0.25, 0.3) is 5.91 Å². The second kappa shape index (κ2) is 6.69. The summed E-state index contributed by atoms with van der Waals surface area (Å²) in [6, 6.07) is 5.65. The first kappa shape index (κ1) is 15.5. The highest BCUT2D eigenvalue weighted by atomic mass is 35.5. The molecule has 0 aliphatic heterocycles. The number of aryl methyl sites for hydroxylation is 1. The number of nitrogens with one attached hydrogen (secondary N) is 1. The number of aromatic nitrogens is 2. The van der Waals surface area contributed by atoms with Crippen LogP contribution in [0.3, 0.4) is 0 Å². The molecule has 1 amide bonds. The third-order valence-corrected chi connectivity index (χ3v) is 3.27. The van der Waals surface area contributed by atoms with Crippen LogP contribution in [0, 0.1) is 12.7 Å². The van der Waals surface area contributed by atoms with Crippen molar-refractivity contribution in [2.45, 2.75) is 13.3 Å². The summed E-state index contributed by atoms with van der Waals surface area (Å²) in [5.41, 5.74) is 1.32. The van der Waals surface area contributed by atoms with Crippen LogP contribution in [-0.2, 0) is 0 Å². The molecule has 2 N–H and O–H groups in total. The molecule has 0 bridgehead atoms. The average molecular weight is 312 g/mol. The van der Waals surface area contributed by atoms with Crippen molar-refractivity contribution < 1.29 is 14.3 Å². The number of amides is 1. The fourth-order valence-corrected chi connectivity index (χ4v) is 2.24. The summed E-state index contributed by atoms with van der Waals surface area (Å²) in [7, 11) is 0. The quantitative estimate of drug-likeness (QED) is 0.831. The van der Waals surface area contributed by atoms with Gasteiger partial charge in [0, 0.05) is 13.2 Å². The number of carbonyl (C=O) groups excluding carboxylic acids is 1. The van der Waals surface area contributed by atoms with Gasteiger partial charge in [-0.2, -0.15) is 5.10 Å². The van der Waals surface area contributed by atoms with E-state index >= 15 is 0 Å². The van der Waals surface area contributed by atoms with Crippen LogP contribution in [0.15, 0.2) is 24.3 Å². The number of hydrogen-bond acceptors (Lipinski definition) is 3. The lowest BCUT2D eigenvalue weighted by molar-refractivity contribution is 0.0950. The molecule has 0 spiro atoms. The summed E-state index contributed by atoms with van der Waals surface area (Å²) in [6.07, 6.45) is 0.467. The molecule has 0 aliphatic rings. The number of aliphatic hydroxyl groups excluding tert-OH is 1. The molecule has 1 aromatic heterocycles. The lowest BCUT2D eigenvalue weighted by Gasteiger charge is -2.05. The zero-order chi connectivity index (χ0) is 15.4. The Kier molecular flexibility index (Phi) is 4.93. The van der Waals surface area contributed by atoms with E-state index in [2.05, 4.69) is 10.4 Å². The smallest absolute Gasteiger partial charge is 0.256 e. The molecule has 0 saturated carbocycles. The van der Waals surface area contributed by atoms with Crippen LogP contribution in [0.2, 0.25) is 5.15 Å². The predicted molar refractivity (Wildman–Crippen MR) is 77.3 cm³/mol. The summed E-state index contributed by atoms with van der Waals surface area (Å²) in [4.78, 5) is 12.1. The number of rotatable bonds is 5. The number of hydrogen-bond donors (Lipinski definition) is 2. The summed E-state index contributed by atoms with van der Waals surface area (Å²) in [5.74, 6) is -0.708. The van der Waals surface area contributed by atoms with Gasteiger partial charge in [0.05, 0.1) is 16.9 Å². The third kappa shape index (κ3) is 3.40. The van der Waals surface area contributed by atoms with Crippen molar-refractivity contribution in [3.8, 4) is 5.69 Å². The van der Waals surface area contributed by atoms with Gasteiger partial charge < -0.3 is 10.4 Å². The maximum atomic E-state index is 12.9. The Labute approximate surface area is 126 Å². The first-order valence-electron chi connectivity index (χ1n) is 6.44. The highest BCUT2D eigenvalue weighted by molar-refractivity contribution is 6.33. The van der Waals surface area contributed by atoms with E-state index in [1.807, 2.05) is 0 Å². The van der Waals surface area contributed by atoms with Crippen molar-refractivity contribution in [2.75, 3.05) is 13.2 Å². The Balaban J connectivity index is 2.29. The molecule has 0 fully saturated rings. The second-order valence-corrected chi connectivity index (χ2v) is 4.83. The average Bonchev–Trinajstić information content (AvgIpc) is 2.75.